The number of aryl methyl sites for hydroxylation is 2. The Balaban J connectivity index is 1.77. The van der Waals surface area contributed by atoms with Crippen LogP contribution >= 0.6 is 11.3 Å². The molecular weight excluding hydrogens is 288 g/mol. The number of piperazine rings is 1. The van der Waals surface area contributed by atoms with Gasteiger partial charge in [-0.25, -0.2) is 4.98 Å². The molecule has 0 saturated carbocycles. The SMILES string of the molecule is CCc1nc(NC(=O)CN2CCN(CCO)CC2)sc1C. The third-order valence-corrected chi connectivity index (χ3v) is 4.65. The molecule has 1 amide bonds. The average Bonchev–Trinajstić information content (AvgIpc) is 2.81. The summed E-state index contributed by atoms with van der Waals surface area (Å²) in [6.07, 6.45) is 0.894. The summed E-state index contributed by atoms with van der Waals surface area (Å²) in [5.41, 5.74) is 1.06. The number of nitrogens with one attached hydrogen (secondary N) is 1. The van der Waals surface area contributed by atoms with Crippen molar-refractivity contribution in [3.63, 3.8) is 0 Å². The van der Waals surface area contributed by atoms with E-state index >= 15 is 0 Å². The number of rotatable bonds is 6. The molecule has 2 rings (SSSR count). The molecule has 1 aromatic heterocycles. The highest BCUT2D eigenvalue weighted by Crippen LogP contribution is 2.22. The van der Waals surface area contributed by atoms with Gasteiger partial charge in [-0.2, -0.15) is 0 Å². The summed E-state index contributed by atoms with van der Waals surface area (Å²) < 4.78 is 0. The van der Waals surface area contributed by atoms with Gasteiger partial charge in [0.2, 0.25) is 5.91 Å². The van der Waals surface area contributed by atoms with E-state index in [1.54, 1.807) is 0 Å². The van der Waals surface area contributed by atoms with Crippen molar-refractivity contribution in [2.75, 3.05) is 51.2 Å². The highest BCUT2D eigenvalue weighted by Gasteiger charge is 2.19. The molecule has 1 aliphatic rings. The minimum absolute atomic E-state index is 0.00186. The van der Waals surface area contributed by atoms with E-state index in [1.807, 2.05) is 6.92 Å². The molecule has 0 unspecified atom stereocenters. The summed E-state index contributed by atoms with van der Waals surface area (Å²) in [5, 5.41) is 12.5. The van der Waals surface area contributed by atoms with Gasteiger partial charge in [0.1, 0.15) is 0 Å². The van der Waals surface area contributed by atoms with Gasteiger partial charge in [-0.3, -0.25) is 14.6 Å². The van der Waals surface area contributed by atoms with Crippen LogP contribution in [0.2, 0.25) is 0 Å². The quantitative estimate of drug-likeness (QED) is 0.803. The van der Waals surface area contributed by atoms with Crippen molar-refractivity contribution >= 4 is 22.4 Å². The Morgan fingerprint density at radius 3 is 2.57 bits per heavy atom. The lowest BCUT2D eigenvalue weighted by Gasteiger charge is -2.33. The van der Waals surface area contributed by atoms with Crippen molar-refractivity contribution < 1.29 is 9.90 Å². The van der Waals surface area contributed by atoms with Gasteiger partial charge in [-0.15, -0.1) is 11.3 Å². The lowest BCUT2D eigenvalue weighted by molar-refractivity contribution is -0.117. The second-order valence-electron chi connectivity index (χ2n) is 5.27. The van der Waals surface area contributed by atoms with Crippen LogP contribution in [-0.2, 0) is 11.2 Å². The minimum atomic E-state index is 0.00186. The molecule has 1 saturated heterocycles. The van der Waals surface area contributed by atoms with E-state index in [4.69, 9.17) is 5.11 Å². The largest absolute Gasteiger partial charge is 0.395 e. The fraction of sp³-hybridized carbons (Fsp3) is 0.714. The molecule has 0 radical (unpaired) electrons. The third-order valence-electron chi connectivity index (χ3n) is 3.72. The van der Waals surface area contributed by atoms with Gasteiger partial charge in [0.25, 0.3) is 0 Å². The van der Waals surface area contributed by atoms with Crippen molar-refractivity contribution in [1.82, 2.24) is 14.8 Å². The van der Waals surface area contributed by atoms with Crippen LogP contribution in [0.5, 0.6) is 0 Å². The molecule has 118 valence electrons. The number of carbonyl (C=O) groups excluding carboxylic acids is 1. The standard InChI is InChI=1S/C14H24N4O2S/c1-3-12-11(2)21-14(15-12)16-13(20)10-18-6-4-17(5-7-18)8-9-19/h19H,3-10H2,1-2H3,(H,15,16,20). The van der Waals surface area contributed by atoms with Gasteiger partial charge < -0.3 is 10.4 Å². The molecule has 2 heterocycles. The Kier molecular flexibility index (Phi) is 6.10. The first-order chi connectivity index (χ1) is 10.1. The number of anilines is 1. The third kappa shape index (κ3) is 4.74. The zero-order valence-electron chi connectivity index (χ0n) is 12.8. The maximum absolute atomic E-state index is 12.1. The van der Waals surface area contributed by atoms with E-state index in [0.29, 0.717) is 11.7 Å². The Morgan fingerprint density at radius 2 is 2.00 bits per heavy atom. The molecule has 21 heavy (non-hydrogen) atoms. The number of hydrogen-bond acceptors (Lipinski definition) is 6. The van der Waals surface area contributed by atoms with Gasteiger partial charge >= 0.3 is 0 Å². The Bertz CT molecular complexity index is 470. The lowest BCUT2D eigenvalue weighted by atomic mass is 10.3. The van der Waals surface area contributed by atoms with Gasteiger partial charge in [-0.1, -0.05) is 6.92 Å². The van der Waals surface area contributed by atoms with Crippen LogP contribution in [0.3, 0.4) is 0 Å². The molecule has 1 aliphatic heterocycles. The number of thiazole rings is 1. The van der Waals surface area contributed by atoms with Crippen LogP contribution in [0.1, 0.15) is 17.5 Å². The first kappa shape index (κ1) is 16.4. The van der Waals surface area contributed by atoms with Crippen molar-refractivity contribution in [3.05, 3.63) is 10.6 Å². The molecule has 1 fully saturated rings. The number of aliphatic hydroxyl groups excluding tert-OH is 1. The Hall–Kier alpha value is -1.02. The van der Waals surface area contributed by atoms with Gasteiger partial charge in [0.05, 0.1) is 18.8 Å². The van der Waals surface area contributed by atoms with Crippen LogP contribution in [-0.4, -0.2) is 71.7 Å². The van der Waals surface area contributed by atoms with E-state index in [-0.39, 0.29) is 12.5 Å². The normalized spacial score (nSPS) is 17.1. The molecule has 0 atom stereocenters. The Labute approximate surface area is 129 Å². The van der Waals surface area contributed by atoms with Gasteiger partial charge in [-0.05, 0) is 13.3 Å². The molecule has 0 aliphatic carbocycles. The molecule has 7 heteroatoms. The van der Waals surface area contributed by atoms with E-state index in [9.17, 15) is 4.79 Å². The predicted octanol–water partition coefficient (Wildman–Crippen LogP) is 0.562. The second-order valence-corrected chi connectivity index (χ2v) is 6.47. The summed E-state index contributed by atoms with van der Waals surface area (Å²) in [5.74, 6) is 0.00186. The zero-order chi connectivity index (χ0) is 15.2. The van der Waals surface area contributed by atoms with E-state index < -0.39 is 0 Å². The maximum Gasteiger partial charge on any atom is 0.240 e. The summed E-state index contributed by atoms with van der Waals surface area (Å²) >= 11 is 1.54. The molecule has 0 aromatic carbocycles. The summed E-state index contributed by atoms with van der Waals surface area (Å²) in [6.45, 7) is 8.98. The number of amides is 1. The van der Waals surface area contributed by atoms with Crippen LogP contribution in [0.15, 0.2) is 0 Å². The minimum Gasteiger partial charge on any atom is -0.395 e. The molecular formula is C14H24N4O2S. The van der Waals surface area contributed by atoms with Crippen molar-refractivity contribution in [3.8, 4) is 0 Å². The van der Waals surface area contributed by atoms with E-state index in [2.05, 4.69) is 27.0 Å². The van der Waals surface area contributed by atoms with Gasteiger partial charge in [0, 0.05) is 37.6 Å². The van der Waals surface area contributed by atoms with E-state index in [0.717, 1.165) is 44.8 Å². The van der Waals surface area contributed by atoms with Crippen LogP contribution < -0.4 is 5.32 Å². The molecule has 2 N–H and O–H groups in total. The predicted molar refractivity (Wildman–Crippen MR) is 84.8 cm³/mol. The second kappa shape index (κ2) is 7.84. The van der Waals surface area contributed by atoms with Crippen molar-refractivity contribution in [1.29, 1.82) is 0 Å². The lowest BCUT2D eigenvalue weighted by Crippen LogP contribution is -2.49. The summed E-state index contributed by atoms with van der Waals surface area (Å²) in [7, 11) is 0. The van der Waals surface area contributed by atoms with Crippen molar-refractivity contribution in [2.45, 2.75) is 20.3 Å². The first-order valence-corrected chi connectivity index (χ1v) is 8.25. The van der Waals surface area contributed by atoms with Gasteiger partial charge in [0.15, 0.2) is 5.13 Å². The van der Waals surface area contributed by atoms with Crippen molar-refractivity contribution in [2.24, 2.45) is 0 Å². The number of aromatic nitrogens is 1. The van der Waals surface area contributed by atoms with E-state index in [1.165, 1.54) is 16.2 Å². The number of hydrogen-bond donors (Lipinski definition) is 2. The van der Waals surface area contributed by atoms with Crippen LogP contribution in [0.4, 0.5) is 5.13 Å². The smallest absolute Gasteiger partial charge is 0.240 e. The molecule has 0 bridgehead atoms. The Morgan fingerprint density at radius 1 is 1.33 bits per heavy atom. The molecule has 0 spiro atoms. The first-order valence-electron chi connectivity index (χ1n) is 7.44. The summed E-state index contributed by atoms with van der Waals surface area (Å²) in [4.78, 5) is 22.0. The summed E-state index contributed by atoms with van der Waals surface area (Å²) in [6, 6.07) is 0. The molecule has 1 aromatic rings. The number of carbonyl (C=O) groups is 1. The zero-order valence-corrected chi connectivity index (χ0v) is 13.6. The monoisotopic (exact) mass is 312 g/mol. The fourth-order valence-corrected chi connectivity index (χ4v) is 3.40. The fourth-order valence-electron chi connectivity index (χ4n) is 2.48. The number of β-amino-alcohol motifs (C(OH)–C–C–N with tert-alkyl or cyclic N) is 1. The highest BCUT2D eigenvalue weighted by atomic mass is 32.1. The molecule has 6 nitrogen and oxygen atoms in total. The topological polar surface area (TPSA) is 68.7 Å². The number of aliphatic hydroxyl groups is 1. The number of nitrogens with zero attached hydrogens (tertiary/aromatic N) is 3. The van der Waals surface area contributed by atoms with Crippen LogP contribution in [0, 0.1) is 6.92 Å². The highest BCUT2D eigenvalue weighted by molar-refractivity contribution is 7.15. The maximum atomic E-state index is 12.1. The average molecular weight is 312 g/mol. The van der Waals surface area contributed by atoms with Crippen LogP contribution in [0.25, 0.3) is 0 Å².